The SMILES string of the molecule is CN1CC[C@H]2CC[C@@H](C(=O)N[C@@H](CCC(N)=O)COc3cccc(Cc4ccc(N5CCC(=O)NC5=O)cc4)c3Cl)N2C(=O)[C@@H](NC(=O)c2cc3cc(C(F)(F)P(=O)(O)O)ccc3[nH]2)C1. The number of imide groups is 1. The molecule has 0 aliphatic carbocycles. The Hall–Kier alpha value is -5.92. The Labute approximate surface area is 376 Å². The van der Waals surface area contributed by atoms with Gasteiger partial charge in [0.25, 0.3) is 5.91 Å². The van der Waals surface area contributed by atoms with Crippen LogP contribution in [0.25, 0.3) is 10.9 Å². The number of nitrogens with one attached hydrogen (secondary N) is 4. The van der Waals surface area contributed by atoms with Gasteiger partial charge in [0.2, 0.25) is 23.6 Å². The molecule has 0 spiro atoms. The molecule has 7 amide bonds. The van der Waals surface area contributed by atoms with Gasteiger partial charge in [0, 0.05) is 54.1 Å². The predicted molar refractivity (Wildman–Crippen MR) is 233 cm³/mol. The van der Waals surface area contributed by atoms with Crippen LogP contribution in [0, 0.1) is 0 Å². The number of ether oxygens (including phenoxy) is 1. The number of benzene rings is 3. The van der Waals surface area contributed by atoms with E-state index in [2.05, 4.69) is 20.9 Å². The van der Waals surface area contributed by atoms with Crippen LogP contribution in [-0.2, 0) is 35.8 Å². The van der Waals surface area contributed by atoms with Gasteiger partial charge in [-0.3, -0.25) is 38.8 Å². The Morgan fingerprint density at radius 3 is 2.49 bits per heavy atom. The Kier molecular flexibility index (Phi) is 14.0. The molecule has 3 saturated heterocycles. The number of aromatic nitrogens is 1. The first-order chi connectivity index (χ1) is 30.8. The number of urea groups is 1. The molecule has 1 aromatic heterocycles. The molecule has 346 valence electrons. The zero-order valence-corrected chi connectivity index (χ0v) is 36.7. The number of nitrogens with two attached hydrogens (primary N) is 1. The first-order valence-corrected chi connectivity index (χ1v) is 22.9. The topological polar surface area (TPSA) is 257 Å². The fourth-order valence-electron chi connectivity index (χ4n) is 8.37. The number of amides is 7. The van der Waals surface area contributed by atoms with Crippen molar-refractivity contribution in [3.05, 3.63) is 94.1 Å². The van der Waals surface area contributed by atoms with Gasteiger partial charge in [0.05, 0.1) is 11.1 Å². The number of primary amides is 1. The number of anilines is 1. The molecule has 0 bridgehead atoms. The zero-order chi connectivity index (χ0) is 46.8. The molecule has 4 atom stereocenters. The molecule has 3 fully saturated rings. The van der Waals surface area contributed by atoms with E-state index in [4.69, 9.17) is 22.1 Å². The molecular weight excluding hydrogens is 893 g/mol. The molecule has 0 unspecified atom stereocenters. The highest BCUT2D eigenvalue weighted by molar-refractivity contribution is 7.52. The lowest BCUT2D eigenvalue weighted by Gasteiger charge is -2.38. The number of likely N-dealkylation sites (N-methyl/N-ethyl adjacent to an activating group) is 1. The van der Waals surface area contributed by atoms with E-state index in [0.717, 1.165) is 23.3 Å². The van der Waals surface area contributed by atoms with E-state index in [1.54, 1.807) is 31.3 Å². The molecule has 7 rings (SSSR count). The van der Waals surface area contributed by atoms with Gasteiger partial charge in [-0.2, -0.15) is 8.78 Å². The van der Waals surface area contributed by atoms with E-state index >= 15 is 0 Å². The van der Waals surface area contributed by atoms with Crippen molar-refractivity contribution in [1.29, 1.82) is 0 Å². The maximum Gasteiger partial charge on any atom is 0.399 e. The van der Waals surface area contributed by atoms with Crippen LogP contribution in [0.1, 0.15) is 65.7 Å². The van der Waals surface area contributed by atoms with Crippen LogP contribution < -0.4 is 31.3 Å². The van der Waals surface area contributed by atoms with E-state index in [9.17, 15) is 51.9 Å². The standard InChI is InChI=1S/C43H48ClF2N8O10P/c1-52-17-15-30-11-13-34(54(30)41(59)33(22-52)50-39(57)32-21-26-20-27(7-12-31(26)49-32)43(45,46)65(61,62)63)40(58)48-28(8-14-36(47)55)23-64-35-4-2-3-25(38(35)44)19-24-5-9-29(10-6-24)53-18-16-37(56)51-42(53)60/h2-7,9-10,12,20-21,28,30,33-34,49H,8,11,13-19,22-23H2,1H3,(H2,47,55)(H,48,58)(H,50,57)(H,51,56,60)(H2,61,62,63)/t28-,30+,33-,34-/m0/s1. The van der Waals surface area contributed by atoms with Crippen LogP contribution in [-0.4, -0.2) is 118 Å². The van der Waals surface area contributed by atoms with Gasteiger partial charge in [-0.1, -0.05) is 41.9 Å². The van der Waals surface area contributed by atoms with Crippen LogP contribution in [0.3, 0.4) is 0 Å². The van der Waals surface area contributed by atoms with Crippen LogP contribution in [0.2, 0.25) is 5.02 Å². The van der Waals surface area contributed by atoms with Gasteiger partial charge in [0.15, 0.2) is 0 Å². The van der Waals surface area contributed by atoms with Gasteiger partial charge in [-0.25, -0.2) is 4.79 Å². The van der Waals surface area contributed by atoms with Gasteiger partial charge in [-0.15, -0.1) is 0 Å². The third-order valence-electron chi connectivity index (χ3n) is 11.8. The monoisotopic (exact) mass is 940 g/mol. The van der Waals surface area contributed by atoms with E-state index in [1.807, 2.05) is 23.1 Å². The second-order valence-electron chi connectivity index (χ2n) is 16.5. The summed E-state index contributed by atoms with van der Waals surface area (Å²) < 4.78 is 46.5. The smallest absolute Gasteiger partial charge is 0.399 e. The molecule has 8 N–H and O–H groups in total. The summed E-state index contributed by atoms with van der Waals surface area (Å²) in [6.07, 6.45) is 2.03. The lowest BCUT2D eigenvalue weighted by molar-refractivity contribution is -0.143. The normalized spacial score (nSPS) is 20.2. The molecule has 3 aliphatic rings. The molecule has 3 aliphatic heterocycles. The highest BCUT2D eigenvalue weighted by Gasteiger charge is 2.50. The van der Waals surface area contributed by atoms with Crippen molar-refractivity contribution >= 4 is 71.4 Å². The number of rotatable bonds is 15. The number of alkyl halides is 2. The molecule has 22 heteroatoms. The number of hydrogen-bond donors (Lipinski definition) is 7. The molecule has 3 aromatic carbocycles. The molecule has 18 nitrogen and oxygen atoms in total. The fourth-order valence-corrected chi connectivity index (χ4v) is 9.09. The number of H-pyrrole nitrogens is 1. The largest absolute Gasteiger partial charge is 0.490 e. The Morgan fingerprint density at radius 1 is 1.03 bits per heavy atom. The lowest BCUT2D eigenvalue weighted by Crippen LogP contribution is -2.60. The highest BCUT2D eigenvalue weighted by Crippen LogP contribution is 2.59. The quantitative estimate of drug-likeness (QED) is 0.0846. The fraction of sp³-hybridized carbons (Fsp3) is 0.395. The van der Waals surface area contributed by atoms with Gasteiger partial charge in [0.1, 0.15) is 30.1 Å². The van der Waals surface area contributed by atoms with Gasteiger partial charge in [-0.05, 0) is 93.2 Å². The average Bonchev–Trinajstić information content (AvgIpc) is 3.88. The van der Waals surface area contributed by atoms with Crippen molar-refractivity contribution in [2.45, 2.75) is 74.8 Å². The summed E-state index contributed by atoms with van der Waals surface area (Å²) in [7, 11) is -4.05. The summed E-state index contributed by atoms with van der Waals surface area (Å²) in [5.41, 5.74) is 2.49. The molecule has 65 heavy (non-hydrogen) atoms. The number of nitrogens with zero attached hydrogens (tertiary/aromatic N) is 3. The zero-order valence-electron chi connectivity index (χ0n) is 35.1. The van der Waals surface area contributed by atoms with E-state index < -0.39 is 66.6 Å². The van der Waals surface area contributed by atoms with Crippen LogP contribution in [0.5, 0.6) is 5.75 Å². The summed E-state index contributed by atoms with van der Waals surface area (Å²) in [5.74, 6) is -2.34. The third-order valence-corrected chi connectivity index (χ3v) is 13.3. The summed E-state index contributed by atoms with van der Waals surface area (Å²) in [6, 6.07) is 13.0. The van der Waals surface area contributed by atoms with Crippen molar-refractivity contribution < 1.29 is 56.6 Å². The number of halogens is 3. The number of fused-ring (bicyclic) bond motifs is 2. The minimum absolute atomic E-state index is 0.0784. The van der Waals surface area contributed by atoms with Crippen LogP contribution >= 0.6 is 19.2 Å². The Balaban J connectivity index is 1.02. The lowest BCUT2D eigenvalue weighted by atomic mass is 10.0. The molecule has 0 radical (unpaired) electrons. The number of aromatic amines is 1. The molecule has 0 saturated carbocycles. The number of carbonyl (C=O) groups is 6. The average molecular weight is 941 g/mol. The first-order valence-electron chi connectivity index (χ1n) is 20.9. The van der Waals surface area contributed by atoms with Crippen LogP contribution in [0.4, 0.5) is 19.3 Å². The summed E-state index contributed by atoms with van der Waals surface area (Å²) in [4.78, 5) is 104. The Bertz CT molecular complexity index is 2560. The highest BCUT2D eigenvalue weighted by atomic mass is 35.5. The Morgan fingerprint density at radius 2 is 1.78 bits per heavy atom. The van der Waals surface area contributed by atoms with Gasteiger partial charge < -0.3 is 45.7 Å². The van der Waals surface area contributed by atoms with Crippen molar-refractivity contribution in [2.24, 2.45) is 5.73 Å². The van der Waals surface area contributed by atoms with Gasteiger partial charge >= 0.3 is 19.3 Å². The van der Waals surface area contributed by atoms with Crippen LogP contribution in [0.15, 0.2) is 66.7 Å². The molecule has 4 aromatic rings. The predicted octanol–water partition coefficient (Wildman–Crippen LogP) is 3.71. The minimum atomic E-state index is -5.84. The first kappa shape index (κ1) is 47.1. The number of carbonyl (C=O) groups excluding carboxylic acids is 6. The van der Waals surface area contributed by atoms with Crippen molar-refractivity contribution in [1.82, 2.24) is 30.7 Å². The van der Waals surface area contributed by atoms with Crippen molar-refractivity contribution in [3.63, 3.8) is 0 Å². The maximum atomic E-state index is 14.4. The summed E-state index contributed by atoms with van der Waals surface area (Å²) in [5, 5.41) is 8.39. The molecular formula is C43H48ClF2N8O10P. The number of hydrogen-bond acceptors (Lipinski definition) is 9. The second-order valence-corrected chi connectivity index (χ2v) is 18.5. The molecule has 4 heterocycles. The van der Waals surface area contributed by atoms with E-state index in [1.165, 1.54) is 21.9 Å². The minimum Gasteiger partial charge on any atom is -0.490 e. The van der Waals surface area contributed by atoms with E-state index in [-0.39, 0.29) is 67.5 Å². The summed E-state index contributed by atoms with van der Waals surface area (Å²) >= 11 is 6.83. The summed E-state index contributed by atoms with van der Waals surface area (Å²) in [6.45, 7) is 0.794. The van der Waals surface area contributed by atoms with Crippen molar-refractivity contribution in [3.8, 4) is 5.75 Å². The third kappa shape index (κ3) is 10.6. The maximum absolute atomic E-state index is 14.4. The second kappa shape index (κ2) is 19.3. The van der Waals surface area contributed by atoms with E-state index in [0.29, 0.717) is 48.7 Å². The van der Waals surface area contributed by atoms with Crippen molar-refractivity contribution in [2.75, 3.05) is 38.2 Å².